The Balaban J connectivity index is 1.60. The van der Waals surface area contributed by atoms with Crippen LogP contribution in [-0.2, 0) is 22.3 Å². The lowest BCUT2D eigenvalue weighted by molar-refractivity contribution is 0.463. The van der Waals surface area contributed by atoms with Crippen molar-refractivity contribution in [2.24, 2.45) is 0 Å². The van der Waals surface area contributed by atoms with Crippen LogP contribution in [0.25, 0.3) is 22.5 Å². The number of nitrogens with zero attached hydrogens (tertiary/aromatic N) is 5. The quantitative estimate of drug-likeness (QED) is 0.396. The molecule has 0 fully saturated rings. The minimum absolute atomic E-state index is 0.219. The van der Waals surface area contributed by atoms with Crippen molar-refractivity contribution in [3.63, 3.8) is 0 Å². The topological polar surface area (TPSA) is 107 Å². The number of imidazole rings is 1. The van der Waals surface area contributed by atoms with Crippen LogP contribution < -0.4 is 0 Å². The van der Waals surface area contributed by atoms with Crippen LogP contribution in [0.15, 0.2) is 49.5 Å². The van der Waals surface area contributed by atoms with Gasteiger partial charge in [0.25, 0.3) is 11.1 Å². The fraction of sp³-hybridized carbons (Fsp3) is 0.316. The summed E-state index contributed by atoms with van der Waals surface area (Å²) >= 11 is 1.38. The number of hydrogen-bond acceptors (Lipinski definition) is 8. The zero-order valence-corrected chi connectivity index (χ0v) is 18.6. The van der Waals surface area contributed by atoms with Gasteiger partial charge in [0.1, 0.15) is 11.6 Å². The average molecular weight is 448 g/mol. The fourth-order valence-corrected chi connectivity index (χ4v) is 4.74. The van der Waals surface area contributed by atoms with E-state index in [1.165, 1.54) is 30.2 Å². The molecular weight excluding hydrogens is 426 g/mol. The van der Waals surface area contributed by atoms with Gasteiger partial charge >= 0.3 is 0 Å². The second-order valence-corrected chi connectivity index (χ2v) is 9.84. The highest BCUT2D eigenvalue weighted by Crippen LogP contribution is 2.29. The highest BCUT2D eigenvalue weighted by molar-refractivity contribution is 7.98. The van der Waals surface area contributed by atoms with E-state index in [2.05, 4.69) is 15.2 Å². The number of furan rings is 1. The van der Waals surface area contributed by atoms with Gasteiger partial charge in [0.15, 0.2) is 0 Å². The molecule has 4 aromatic rings. The summed E-state index contributed by atoms with van der Waals surface area (Å²) in [6.45, 7) is 4.56. The van der Waals surface area contributed by atoms with Gasteiger partial charge in [0.2, 0.25) is 10.0 Å². The maximum atomic E-state index is 12.4. The summed E-state index contributed by atoms with van der Waals surface area (Å²) in [6.07, 6.45) is 1.58. The van der Waals surface area contributed by atoms with Gasteiger partial charge in [-0.2, -0.15) is 0 Å². The van der Waals surface area contributed by atoms with Gasteiger partial charge in [-0.05, 0) is 38.1 Å². The van der Waals surface area contributed by atoms with Crippen molar-refractivity contribution >= 4 is 32.8 Å². The molecule has 30 heavy (non-hydrogen) atoms. The minimum Gasteiger partial charge on any atom is -0.469 e. The first-order chi connectivity index (χ1) is 14.3. The van der Waals surface area contributed by atoms with E-state index in [4.69, 9.17) is 8.83 Å². The number of aryl methyl sites for hydroxylation is 2. The summed E-state index contributed by atoms with van der Waals surface area (Å²) in [4.78, 5) is 4.88. The molecule has 0 aliphatic carbocycles. The van der Waals surface area contributed by atoms with Crippen LogP contribution in [-0.4, -0.2) is 46.6 Å². The number of rotatable bonds is 7. The van der Waals surface area contributed by atoms with E-state index >= 15 is 0 Å². The normalized spacial score (nSPS) is 12.3. The molecule has 3 aromatic heterocycles. The summed E-state index contributed by atoms with van der Waals surface area (Å²) in [6, 6.07) is 6.80. The zero-order chi connectivity index (χ0) is 21.5. The van der Waals surface area contributed by atoms with Gasteiger partial charge in [0, 0.05) is 20.6 Å². The molecule has 1 aromatic carbocycles. The van der Waals surface area contributed by atoms with E-state index in [1.807, 2.05) is 18.4 Å². The van der Waals surface area contributed by atoms with Crippen molar-refractivity contribution in [2.75, 3.05) is 14.1 Å². The Bertz CT molecular complexity index is 1300. The van der Waals surface area contributed by atoms with Gasteiger partial charge in [-0.25, -0.2) is 17.7 Å². The highest BCUT2D eigenvalue weighted by atomic mass is 32.2. The van der Waals surface area contributed by atoms with E-state index in [0.717, 1.165) is 16.9 Å². The number of fused-ring (bicyclic) bond motifs is 1. The molecule has 158 valence electrons. The Labute approximate surface area is 178 Å². The molecule has 0 atom stereocenters. The Morgan fingerprint density at radius 3 is 2.67 bits per heavy atom. The highest BCUT2D eigenvalue weighted by Gasteiger charge is 2.20. The van der Waals surface area contributed by atoms with E-state index < -0.39 is 10.0 Å². The van der Waals surface area contributed by atoms with Crippen LogP contribution >= 0.6 is 11.8 Å². The smallest absolute Gasteiger partial charge is 0.277 e. The molecule has 3 heterocycles. The molecule has 9 nitrogen and oxygen atoms in total. The first-order valence-corrected chi connectivity index (χ1v) is 11.7. The molecule has 4 rings (SSSR count). The molecule has 0 saturated heterocycles. The first kappa shape index (κ1) is 20.6. The largest absolute Gasteiger partial charge is 0.469 e. The third kappa shape index (κ3) is 3.64. The van der Waals surface area contributed by atoms with Crippen molar-refractivity contribution in [3.8, 4) is 11.5 Å². The Hall–Kier alpha value is -2.63. The van der Waals surface area contributed by atoms with Crippen LogP contribution in [0.1, 0.15) is 18.5 Å². The molecule has 0 aliphatic heterocycles. The summed E-state index contributed by atoms with van der Waals surface area (Å²) in [7, 11) is -0.499. The zero-order valence-electron chi connectivity index (χ0n) is 17.0. The fourth-order valence-electron chi connectivity index (χ4n) is 3.10. The van der Waals surface area contributed by atoms with Gasteiger partial charge in [0.05, 0.1) is 33.5 Å². The van der Waals surface area contributed by atoms with Gasteiger partial charge in [-0.1, -0.05) is 11.8 Å². The molecule has 0 saturated carbocycles. The maximum absolute atomic E-state index is 12.4. The summed E-state index contributed by atoms with van der Waals surface area (Å²) < 4.78 is 39.1. The molecular formula is C19H21N5O4S2. The summed E-state index contributed by atoms with van der Waals surface area (Å²) in [5.74, 6) is 2.43. The van der Waals surface area contributed by atoms with Crippen molar-refractivity contribution in [1.29, 1.82) is 0 Å². The van der Waals surface area contributed by atoms with Gasteiger partial charge in [-0.15, -0.1) is 10.2 Å². The predicted molar refractivity (Wildman–Crippen MR) is 113 cm³/mol. The first-order valence-electron chi connectivity index (χ1n) is 9.23. The van der Waals surface area contributed by atoms with Gasteiger partial charge in [-0.3, -0.25) is 0 Å². The lowest BCUT2D eigenvalue weighted by Crippen LogP contribution is -2.22. The number of sulfonamides is 1. The monoisotopic (exact) mass is 447 g/mol. The molecule has 0 radical (unpaired) electrons. The second-order valence-electron chi connectivity index (χ2n) is 6.76. The molecule has 0 N–H and O–H groups in total. The third-order valence-electron chi connectivity index (χ3n) is 4.71. The van der Waals surface area contributed by atoms with Gasteiger partial charge < -0.3 is 13.4 Å². The third-order valence-corrected chi connectivity index (χ3v) is 7.34. The summed E-state index contributed by atoms with van der Waals surface area (Å²) in [5.41, 5.74) is 2.28. The second kappa shape index (κ2) is 7.89. The number of hydrogen-bond donors (Lipinski definition) is 0. The Morgan fingerprint density at radius 2 is 2.00 bits per heavy atom. The maximum Gasteiger partial charge on any atom is 0.277 e. The predicted octanol–water partition coefficient (Wildman–Crippen LogP) is 3.55. The van der Waals surface area contributed by atoms with Crippen molar-refractivity contribution in [2.45, 2.75) is 36.3 Å². The molecule has 0 unspecified atom stereocenters. The van der Waals surface area contributed by atoms with Crippen LogP contribution in [0, 0.1) is 6.92 Å². The van der Waals surface area contributed by atoms with E-state index in [9.17, 15) is 8.42 Å². The van der Waals surface area contributed by atoms with E-state index in [-0.39, 0.29) is 4.90 Å². The van der Waals surface area contributed by atoms with Crippen LogP contribution in [0.4, 0.5) is 0 Å². The molecule has 0 spiro atoms. The molecule has 11 heteroatoms. The minimum atomic E-state index is -3.52. The van der Waals surface area contributed by atoms with Crippen molar-refractivity contribution < 1.29 is 17.3 Å². The Morgan fingerprint density at radius 1 is 1.20 bits per heavy atom. The molecule has 0 bridgehead atoms. The average Bonchev–Trinajstić information content (AvgIpc) is 3.42. The van der Waals surface area contributed by atoms with Crippen LogP contribution in [0.2, 0.25) is 0 Å². The van der Waals surface area contributed by atoms with E-state index in [1.54, 1.807) is 30.5 Å². The number of thioether (sulfide) groups is 1. The lowest BCUT2D eigenvalue weighted by atomic mass is 10.3. The van der Waals surface area contributed by atoms with Crippen molar-refractivity contribution in [3.05, 3.63) is 42.1 Å². The SMILES string of the molecule is CCn1c(CSc2nnc(-c3ccoc3C)o2)nc2cc(S(=O)(=O)N(C)C)ccc21. The van der Waals surface area contributed by atoms with Crippen molar-refractivity contribution in [1.82, 2.24) is 24.1 Å². The number of aromatic nitrogens is 4. The standard InChI is InChI=1S/C19H21N5O4S2/c1-5-24-16-7-6-13(30(25,26)23(3)4)10-15(16)20-17(24)11-29-19-22-21-18(28-19)14-8-9-27-12(14)2/h6-10H,5,11H2,1-4H3. The Kier molecular flexibility index (Phi) is 5.43. The lowest BCUT2D eigenvalue weighted by Gasteiger charge is -2.11. The summed E-state index contributed by atoms with van der Waals surface area (Å²) in [5, 5.41) is 8.59. The molecule has 0 aliphatic rings. The van der Waals surface area contributed by atoms with E-state index in [0.29, 0.717) is 34.7 Å². The molecule has 0 amide bonds. The number of benzene rings is 1. The van der Waals surface area contributed by atoms with Crippen LogP contribution in [0.3, 0.4) is 0 Å². The van der Waals surface area contributed by atoms with Crippen LogP contribution in [0.5, 0.6) is 0 Å².